The average Bonchev–Trinajstić information content (AvgIpc) is 3.20. The smallest absolute Gasteiger partial charge is 0.338 e. The van der Waals surface area contributed by atoms with Gasteiger partial charge in [0.25, 0.3) is 0 Å². The van der Waals surface area contributed by atoms with E-state index < -0.39 is 5.97 Å². The summed E-state index contributed by atoms with van der Waals surface area (Å²) in [5.41, 5.74) is 2.35. The van der Waals surface area contributed by atoms with E-state index in [1.165, 1.54) is 57.5 Å². The first-order chi connectivity index (χ1) is 26.5. The Bertz CT molecular complexity index is 1550. The Morgan fingerprint density at radius 3 is 1.74 bits per heavy atom. The summed E-state index contributed by atoms with van der Waals surface area (Å²) in [4.78, 5) is 13.4. The Morgan fingerprint density at radius 1 is 0.704 bits per heavy atom. The zero-order valence-corrected chi connectivity index (χ0v) is 31.7. The van der Waals surface area contributed by atoms with Crippen LogP contribution in [0.1, 0.15) is 104 Å². The fourth-order valence-electron chi connectivity index (χ4n) is 5.59. The van der Waals surface area contributed by atoms with Gasteiger partial charge < -0.3 is 43.4 Å². The lowest BCUT2D eigenvalue weighted by Crippen LogP contribution is -2.12. The summed E-state index contributed by atoms with van der Waals surface area (Å²) in [5.74, 6) is 3.74. The summed E-state index contributed by atoms with van der Waals surface area (Å²) in [5, 5.41) is 19.7. The van der Waals surface area contributed by atoms with E-state index in [1.807, 2.05) is 0 Å². The molecule has 0 saturated carbocycles. The van der Waals surface area contributed by atoms with Gasteiger partial charge >= 0.3 is 5.97 Å². The second-order valence-electron chi connectivity index (χ2n) is 12.5. The SMILES string of the molecule is C#Cc1cc(CO)c(Oc2ccc(COC(=O)c3cc(OCCOC=C)c(OCCCCCCCCCCCC)c(OCCOC=C)c3)cc2)c(CO)c1. The molecule has 0 unspecified atom stereocenters. The van der Waals surface area contributed by atoms with Crippen LogP contribution in [-0.2, 0) is 34.0 Å². The number of carbonyl (C=O) groups excluding carboxylic acids is 1. The van der Waals surface area contributed by atoms with Crippen molar-refractivity contribution in [2.75, 3.05) is 33.0 Å². The van der Waals surface area contributed by atoms with E-state index in [-0.39, 0.29) is 51.8 Å². The zero-order valence-electron chi connectivity index (χ0n) is 31.7. The third-order valence-corrected chi connectivity index (χ3v) is 8.42. The molecule has 0 aliphatic heterocycles. The van der Waals surface area contributed by atoms with E-state index in [2.05, 4.69) is 26.0 Å². The van der Waals surface area contributed by atoms with Gasteiger partial charge in [0.15, 0.2) is 11.5 Å². The predicted molar refractivity (Wildman–Crippen MR) is 209 cm³/mol. The number of unbranched alkanes of at least 4 members (excludes halogenated alkanes) is 9. The van der Waals surface area contributed by atoms with Crippen molar-refractivity contribution in [1.82, 2.24) is 0 Å². The van der Waals surface area contributed by atoms with Gasteiger partial charge in [-0.25, -0.2) is 4.79 Å². The van der Waals surface area contributed by atoms with Crippen LogP contribution in [0.3, 0.4) is 0 Å². The Balaban J connectivity index is 1.69. The van der Waals surface area contributed by atoms with Crippen LogP contribution >= 0.6 is 0 Å². The molecular formula is C44H56O10. The largest absolute Gasteiger partial charge is 0.498 e. The molecule has 0 amide bonds. The number of benzene rings is 3. The highest BCUT2D eigenvalue weighted by molar-refractivity contribution is 5.91. The molecule has 0 aliphatic rings. The Labute approximate surface area is 320 Å². The van der Waals surface area contributed by atoms with Gasteiger partial charge in [0.05, 0.1) is 37.9 Å². The predicted octanol–water partition coefficient (Wildman–Crippen LogP) is 9.18. The lowest BCUT2D eigenvalue weighted by Gasteiger charge is -2.18. The van der Waals surface area contributed by atoms with Crippen molar-refractivity contribution in [1.29, 1.82) is 0 Å². The normalized spacial score (nSPS) is 10.6. The third-order valence-electron chi connectivity index (χ3n) is 8.42. The molecule has 3 aromatic rings. The van der Waals surface area contributed by atoms with Crippen molar-refractivity contribution >= 4 is 5.97 Å². The maximum Gasteiger partial charge on any atom is 0.338 e. The van der Waals surface area contributed by atoms with E-state index in [0.717, 1.165) is 19.3 Å². The molecule has 3 aromatic carbocycles. The Kier molecular flexibility index (Phi) is 20.7. The van der Waals surface area contributed by atoms with E-state index in [1.54, 1.807) is 48.5 Å². The molecule has 10 nitrogen and oxygen atoms in total. The number of rotatable bonds is 29. The minimum atomic E-state index is -0.593. The lowest BCUT2D eigenvalue weighted by atomic mass is 10.0. The maximum atomic E-state index is 13.4. The van der Waals surface area contributed by atoms with Crippen molar-refractivity contribution < 1.29 is 48.2 Å². The quantitative estimate of drug-likeness (QED) is 0.0308. The number of ether oxygens (including phenoxy) is 7. The summed E-state index contributed by atoms with van der Waals surface area (Å²) in [6, 6.07) is 13.3. The third kappa shape index (κ3) is 15.1. The first kappa shape index (κ1) is 43.3. The molecule has 292 valence electrons. The molecular weight excluding hydrogens is 688 g/mol. The second-order valence-corrected chi connectivity index (χ2v) is 12.5. The Hall–Kier alpha value is -5.11. The number of terminal acetylenes is 1. The minimum Gasteiger partial charge on any atom is -0.498 e. The summed E-state index contributed by atoms with van der Waals surface area (Å²) in [6.07, 6.45) is 20.2. The van der Waals surface area contributed by atoms with Gasteiger partial charge in [-0.15, -0.1) is 6.42 Å². The molecule has 0 heterocycles. The van der Waals surface area contributed by atoms with Crippen LogP contribution in [0.5, 0.6) is 28.7 Å². The number of hydrogen-bond acceptors (Lipinski definition) is 10. The van der Waals surface area contributed by atoms with Gasteiger partial charge in [0.1, 0.15) is 44.5 Å². The van der Waals surface area contributed by atoms with Gasteiger partial charge in [-0.1, -0.05) is 95.9 Å². The first-order valence-electron chi connectivity index (χ1n) is 18.8. The number of esters is 1. The topological polar surface area (TPSA) is 122 Å². The molecule has 3 rings (SSSR count). The maximum absolute atomic E-state index is 13.4. The van der Waals surface area contributed by atoms with E-state index in [0.29, 0.717) is 57.6 Å². The van der Waals surface area contributed by atoms with Gasteiger partial charge in [0.2, 0.25) is 5.75 Å². The summed E-state index contributed by atoms with van der Waals surface area (Å²) < 4.78 is 40.5. The second kappa shape index (κ2) is 25.8. The van der Waals surface area contributed by atoms with Crippen LogP contribution in [-0.4, -0.2) is 49.2 Å². The van der Waals surface area contributed by atoms with Crippen LogP contribution in [0.15, 0.2) is 74.2 Å². The van der Waals surface area contributed by atoms with Crippen LogP contribution in [0.25, 0.3) is 0 Å². The summed E-state index contributed by atoms with van der Waals surface area (Å²) in [6.45, 7) is 10.0. The number of aliphatic hydroxyl groups excluding tert-OH is 2. The minimum absolute atomic E-state index is 0.0243. The van der Waals surface area contributed by atoms with E-state index in [9.17, 15) is 15.0 Å². The summed E-state index contributed by atoms with van der Waals surface area (Å²) >= 11 is 0. The molecule has 0 spiro atoms. The monoisotopic (exact) mass is 744 g/mol. The highest BCUT2D eigenvalue weighted by Crippen LogP contribution is 2.40. The lowest BCUT2D eigenvalue weighted by molar-refractivity contribution is 0.0471. The number of aliphatic hydroxyl groups is 2. The molecule has 0 radical (unpaired) electrons. The van der Waals surface area contributed by atoms with E-state index in [4.69, 9.17) is 39.6 Å². The Morgan fingerprint density at radius 2 is 1.24 bits per heavy atom. The van der Waals surface area contributed by atoms with Crippen LogP contribution in [0.2, 0.25) is 0 Å². The van der Waals surface area contributed by atoms with Crippen molar-refractivity contribution in [2.45, 2.75) is 91.0 Å². The van der Waals surface area contributed by atoms with Crippen LogP contribution < -0.4 is 18.9 Å². The van der Waals surface area contributed by atoms with Gasteiger partial charge in [0, 0.05) is 16.7 Å². The first-order valence-corrected chi connectivity index (χ1v) is 18.8. The van der Waals surface area contributed by atoms with Crippen molar-refractivity contribution in [2.24, 2.45) is 0 Å². The molecule has 0 aromatic heterocycles. The standard InChI is InChI=1S/C44H56O10/c1-5-9-10-11-12-13-14-15-16-17-22-52-43-40(50-25-23-48-7-3)29-36(30-41(43)51-26-24-49-8-4)44(47)53-33-35-18-20-39(21-19-35)54-42-37(31-45)27-34(6-2)28-38(42)32-46/h2,7-8,18-21,27-30,45-46H,3-5,9-17,22-26,31-33H2,1H3. The molecule has 0 aliphatic carbocycles. The van der Waals surface area contributed by atoms with E-state index >= 15 is 0 Å². The molecule has 0 bridgehead atoms. The molecule has 0 atom stereocenters. The molecule has 0 fully saturated rings. The van der Waals surface area contributed by atoms with Crippen molar-refractivity contribution in [3.05, 3.63) is 102 Å². The molecule has 10 heteroatoms. The van der Waals surface area contributed by atoms with Crippen LogP contribution in [0, 0.1) is 12.3 Å². The highest BCUT2D eigenvalue weighted by Gasteiger charge is 2.21. The highest BCUT2D eigenvalue weighted by atomic mass is 16.6. The fraction of sp³-hybridized carbons (Fsp3) is 0.432. The van der Waals surface area contributed by atoms with Gasteiger partial charge in [-0.05, 0) is 48.4 Å². The zero-order chi connectivity index (χ0) is 38.8. The van der Waals surface area contributed by atoms with Gasteiger partial charge in [-0.2, -0.15) is 0 Å². The number of carbonyl (C=O) groups is 1. The fourth-order valence-corrected chi connectivity index (χ4v) is 5.59. The number of hydrogen-bond donors (Lipinski definition) is 2. The molecule has 0 saturated heterocycles. The molecule has 2 N–H and O–H groups in total. The van der Waals surface area contributed by atoms with Crippen LogP contribution in [0.4, 0.5) is 0 Å². The van der Waals surface area contributed by atoms with Crippen molar-refractivity contribution in [3.63, 3.8) is 0 Å². The van der Waals surface area contributed by atoms with Gasteiger partial charge in [-0.3, -0.25) is 0 Å². The van der Waals surface area contributed by atoms with Crippen molar-refractivity contribution in [3.8, 4) is 41.1 Å². The average molecular weight is 745 g/mol. The molecule has 54 heavy (non-hydrogen) atoms. The summed E-state index contributed by atoms with van der Waals surface area (Å²) in [7, 11) is 0.